The van der Waals surface area contributed by atoms with Gasteiger partial charge in [0.15, 0.2) is 5.78 Å². The van der Waals surface area contributed by atoms with Crippen molar-refractivity contribution in [3.8, 4) is 0 Å². The minimum Gasteiger partial charge on any atom is -0.394 e. The fourth-order valence-corrected chi connectivity index (χ4v) is 2.57. The molecular weight excluding hydrogens is 312 g/mol. The second-order valence-electron chi connectivity index (χ2n) is 6.43. The summed E-state index contributed by atoms with van der Waals surface area (Å²) in [5, 5.41) is 46.7. The molecule has 24 heavy (non-hydrogen) atoms. The van der Waals surface area contributed by atoms with Crippen LogP contribution in [-0.4, -0.2) is 62.3 Å². The van der Waals surface area contributed by atoms with Gasteiger partial charge in [-0.25, -0.2) is 0 Å². The lowest BCUT2D eigenvalue weighted by atomic mass is 9.97. The summed E-state index contributed by atoms with van der Waals surface area (Å²) in [4.78, 5) is 11.8. The van der Waals surface area contributed by atoms with Crippen LogP contribution in [0.25, 0.3) is 0 Å². The van der Waals surface area contributed by atoms with E-state index in [2.05, 4.69) is 0 Å². The van der Waals surface area contributed by atoms with E-state index in [0.29, 0.717) is 13.3 Å². The molecule has 0 aliphatic heterocycles. The number of carbonyl (C=O) groups is 1. The Labute approximate surface area is 146 Å². The summed E-state index contributed by atoms with van der Waals surface area (Å²) in [6.07, 6.45) is 3.74. The Balaban J connectivity index is 3.66. The molecule has 0 bridgehead atoms. The molecule has 0 aliphatic carbocycles. The molecule has 0 unspecified atom stereocenters. The van der Waals surface area contributed by atoms with Crippen LogP contribution in [-0.2, 0) is 4.79 Å². The zero-order valence-corrected chi connectivity index (χ0v) is 14.6. The molecule has 5 N–H and O–H groups in total. The fraction of sp³-hybridized carbons (Fsp3) is 0.944. The standard InChI is InChI=1S/C18H36O6/c1-2-3-4-5-6-7-8-9-10-11-12-14(20)16(22)18(24)17(23)15(21)13-19/h15-19,21-24H,2-13H2,1H3/t15-,16+,17+,18-/m1/s1/i1D. The van der Waals surface area contributed by atoms with Crippen molar-refractivity contribution in [1.82, 2.24) is 0 Å². The van der Waals surface area contributed by atoms with E-state index >= 15 is 0 Å². The zero-order valence-electron chi connectivity index (χ0n) is 15.6. The van der Waals surface area contributed by atoms with Gasteiger partial charge in [0.1, 0.15) is 24.4 Å². The molecule has 0 saturated carbocycles. The normalized spacial score (nSPS) is 17.1. The van der Waals surface area contributed by atoms with Crippen LogP contribution >= 0.6 is 0 Å². The molecule has 0 rings (SSSR count). The van der Waals surface area contributed by atoms with Gasteiger partial charge in [-0.1, -0.05) is 64.7 Å². The third kappa shape index (κ3) is 10.4. The van der Waals surface area contributed by atoms with Gasteiger partial charge in [0.05, 0.1) is 6.61 Å². The third-order valence-electron chi connectivity index (χ3n) is 4.26. The molecular formula is C18H36O6. The molecule has 6 heteroatoms. The fourth-order valence-electron chi connectivity index (χ4n) is 2.57. The lowest BCUT2D eigenvalue weighted by Crippen LogP contribution is -2.48. The van der Waals surface area contributed by atoms with Crippen molar-refractivity contribution in [2.24, 2.45) is 0 Å². The van der Waals surface area contributed by atoms with Crippen LogP contribution < -0.4 is 0 Å². The van der Waals surface area contributed by atoms with E-state index < -0.39 is 36.8 Å². The maximum absolute atomic E-state index is 11.8. The number of Topliss-reactive ketones (excluding diaryl/α,β-unsaturated/α-hetero) is 1. The van der Waals surface area contributed by atoms with E-state index in [1.807, 2.05) is 0 Å². The van der Waals surface area contributed by atoms with Crippen molar-refractivity contribution >= 4 is 5.78 Å². The number of hydrogen-bond acceptors (Lipinski definition) is 6. The Hall–Kier alpha value is -0.530. The van der Waals surface area contributed by atoms with E-state index in [9.17, 15) is 25.2 Å². The number of ketones is 1. The van der Waals surface area contributed by atoms with Gasteiger partial charge in [0, 0.05) is 7.79 Å². The van der Waals surface area contributed by atoms with E-state index in [1.165, 1.54) is 25.7 Å². The van der Waals surface area contributed by atoms with Gasteiger partial charge in [-0.2, -0.15) is 0 Å². The monoisotopic (exact) mass is 349 g/mol. The van der Waals surface area contributed by atoms with Gasteiger partial charge in [0.25, 0.3) is 0 Å². The first-order valence-electron chi connectivity index (χ1n) is 9.81. The minimum absolute atomic E-state index is 0.118. The Morgan fingerprint density at radius 2 is 1.33 bits per heavy atom. The lowest BCUT2D eigenvalue weighted by molar-refractivity contribution is -0.147. The Kier molecular flexibility index (Phi) is 13.3. The summed E-state index contributed by atoms with van der Waals surface area (Å²) in [5.74, 6) is -0.564. The van der Waals surface area contributed by atoms with E-state index in [1.54, 1.807) is 0 Å². The lowest BCUT2D eigenvalue weighted by Gasteiger charge is -2.24. The van der Waals surface area contributed by atoms with Crippen LogP contribution in [0, 0.1) is 0 Å². The Morgan fingerprint density at radius 1 is 0.833 bits per heavy atom. The second kappa shape index (κ2) is 14.8. The minimum atomic E-state index is -1.80. The van der Waals surface area contributed by atoms with Gasteiger partial charge in [-0.15, -0.1) is 0 Å². The Bertz CT molecular complexity index is 329. The summed E-state index contributed by atoms with van der Waals surface area (Å²) in [5.41, 5.74) is 0. The molecule has 0 aromatic carbocycles. The topological polar surface area (TPSA) is 118 Å². The molecule has 4 atom stereocenters. The van der Waals surface area contributed by atoms with Gasteiger partial charge >= 0.3 is 0 Å². The van der Waals surface area contributed by atoms with E-state index in [-0.39, 0.29) is 6.42 Å². The van der Waals surface area contributed by atoms with Gasteiger partial charge in [-0.05, 0) is 6.42 Å². The maximum Gasteiger partial charge on any atom is 0.164 e. The Morgan fingerprint density at radius 3 is 1.83 bits per heavy atom. The van der Waals surface area contributed by atoms with Crippen molar-refractivity contribution in [3.63, 3.8) is 0 Å². The summed E-state index contributed by atoms with van der Waals surface area (Å²) in [6, 6.07) is 0. The van der Waals surface area contributed by atoms with Crippen molar-refractivity contribution < 1.29 is 31.7 Å². The molecule has 0 aliphatic rings. The van der Waals surface area contributed by atoms with Crippen molar-refractivity contribution in [3.05, 3.63) is 0 Å². The SMILES string of the molecule is [2H]CCCCCCCCCCCCC(=O)[C@H](O)[C@@H](O)[C@@H](O)[C@H](O)CO. The zero-order chi connectivity index (χ0) is 19.1. The molecule has 0 saturated heterocycles. The molecule has 0 heterocycles. The summed E-state index contributed by atoms with van der Waals surface area (Å²) >= 11 is 0. The largest absolute Gasteiger partial charge is 0.394 e. The summed E-state index contributed by atoms with van der Waals surface area (Å²) < 4.78 is 7.05. The highest BCUT2D eigenvalue weighted by molar-refractivity contribution is 5.83. The molecule has 0 fully saturated rings. The molecule has 144 valence electrons. The highest BCUT2D eigenvalue weighted by atomic mass is 16.4. The first-order valence-corrected chi connectivity index (χ1v) is 9.10. The van der Waals surface area contributed by atoms with E-state index in [0.717, 1.165) is 32.1 Å². The highest BCUT2D eigenvalue weighted by Gasteiger charge is 2.33. The van der Waals surface area contributed by atoms with Crippen molar-refractivity contribution in [2.45, 2.75) is 102 Å². The van der Waals surface area contributed by atoms with Crippen LogP contribution in [0.1, 0.15) is 78.9 Å². The van der Waals surface area contributed by atoms with Gasteiger partial charge in [0.2, 0.25) is 0 Å². The molecule has 0 aromatic heterocycles. The summed E-state index contributed by atoms with van der Waals surface area (Å²) in [6.45, 7) is -0.241. The first kappa shape index (κ1) is 21.5. The molecule has 0 amide bonds. The number of aliphatic hydroxyl groups excluding tert-OH is 5. The molecule has 0 aromatic rings. The smallest absolute Gasteiger partial charge is 0.164 e. The number of aliphatic hydroxyl groups is 5. The van der Waals surface area contributed by atoms with Crippen LogP contribution in [0.15, 0.2) is 0 Å². The van der Waals surface area contributed by atoms with Crippen molar-refractivity contribution in [1.29, 1.82) is 0 Å². The van der Waals surface area contributed by atoms with Gasteiger partial charge in [-0.3, -0.25) is 4.79 Å². The third-order valence-corrected chi connectivity index (χ3v) is 4.26. The number of hydrogen-bond donors (Lipinski definition) is 5. The van der Waals surface area contributed by atoms with E-state index in [4.69, 9.17) is 6.48 Å². The maximum atomic E-state index is 11.8. The highest BCUT2D eigenvalue weighted by Crippen LogP contribution is 2.13. The number of unbranched alkanes of at least 4 members (excludes halogenated alkanes) is 9. The van der Waals surface area contributed by atoms with Gasteiger partial charge < -0.3 is 25.5 Å². The first-order chi connectivity index (χ1) is 12.0. The number of carbonyl (C=O) groups excluding carboxylic acids is 1. The predicted octanol–water partition coefficient (Wildman–Crippen LogP) is 1.30. The molecule has 0 radical (unpaired) electrons. The number of rotatable bonds is 16. The van der Waals surface area contributed by atoms with Crippen LogP contribution in [0.5, 0.6) is 0 Å². The van der Waals surface area contributed by atoms with Crippen LogP contribution in [0.4, 0.5) is 0 Å². The average Bonchev–Trinajstić information content (AvgIpc) is 2.63. The second-order valence-corrected chi connectivity index (χ2v) is 6.43. The average molecular weight is 349 g/mol. The molecule has 6 nitrogen and oxygen atoms in total. The quantitative estimate of drug-likeness (QED) is 0.268. The van der Waals surface area contributed by atoms with Crippen LogP contribution in [0.3, 0.4) is 0 Å². The van der Waals surface area contributed by atoms with Crippen LogP contribution in [0.2, 0.25) is 0 Å². The molecule has 0 spiro atoms. The van der Waals surface area contributed by atoms with Crippen molar-refractivity contribution in [2.75, 3.05) is 6.61 Å². The summed E-state index contributed by atoms with van der Waals surface area (Å²) in [7, 11) is 0. The predicted molar refractivity (Wildman–Crippen MR) is 92.6 cm³/mol.